The summed E-state index contributed by atoms with van der Waals surface area (Å²) in [7, 11) is 0. The molecule has 180 valence electrons. The Labute approximate surface area is 207 Å². The van der Waals surface area contributed by atoms with E-state index in [0.29, 0.717) is 34.4 Å². The van der Waals surface area contributed by atoms with Gasteiger partial charge in [-0.15, -0.1) is 11.3 Å². The van der Waals surface area contributed by atoms with Crippen molar-refractivity contribution in [3.63, 3.8) is 0 Å². The molecule has 4 aromatic rings. The maximum atomic E-state index is 11.5. The molecule has 5 rings (SSSR count). The molecule has 0 aliphatic carbocycles. The van der Waals surface area contributed by atoms with Crippen molar-refractivity contribution in [2.24, 2.45) is 5.73 Å². The summed E-state index contributed by atoms with van der Waals surface area (Å²) in [5.41, 5.74) is 7.49. The van der Waals surface area contributed by atoms with Gasteiger partial charge < -0.3 is 24.8 Å². The minimum atomic E-state index is -0.972. The lowest BCUT2D eigenvalue weighted by molar-refractivity contribution is 0.0686. The average molecular weight is 501 g/mol. The van der Waals surface area contributed by atoms with Crippen LogP contribution in [-0.4, -0.2) is 50.9 Å². The third-order valence-electron chi connectivity index (χ3n) is 6.03. The molecule has 9 heteroatoms. The number of carboxylic acid groups (broad SMARTS) is 1. The molecule has 0 saturated carbocycles. The first kappa shape index (κ1) is 24.5. The van der Waals surface area contributed by atoms with Gasteiger partial charge in [-0.2, -0.15) is 0 Å². The smallest absolute Gasteiger partial charge is 0.352 e. The zero-order valence-electron chi connectivity index (χ0n) is 19.3. The zero-order valence-corrected chi connectivity index (χ0v) is 20.9. The van der Waals surface area contributed by atoms with Crippen molar-refractivity contribution in [2.75, 3.05) is 13.1 Å². The Hall–Kier alpha value is -2.65. The van der Waals surface area contributed by atoms with Crippen LogP contribution in [0.4, 0.5) is 0 Å². The van der Waals surface area contributed by atoms with E-state index in [1.807, 2.05) is 36.4 Å². The number of rotatable bonds is 5. The summed E-state index contributed by atoms with van der Waals surface area (Å²) in [6.07, 6.45) is 2.36. The predicted octanol–water partition coefficient (Wildman–Crippen LogP) is 5.58. The van der Waals surface area contributed by atoms with Gasteiger partial charge in [0, 0.05) is 29.1 Å². The van der Waals surface area contributed by atoms with Gasteiger partial charge in [0.2, 0.25) is 0 Å². The first-order valence-corrected chi connectivity index (χ1v) is 12.5. The van der Waals surface area contributed by atoms with Gasteiger partial charge in [0.15, 0.2) is 5.76 Å². The van der Waals surface area contributed by atoms with Crippen molar-refractivity contribution in [2.45, 2.75) is 45.3 Å². The van der Waals surface area contributed by atoms with Gasteiger partial charge in [-0.05, 0) is 64.0 Å². The fourth-order valence-electron chi connectivity index (χ4n) is 4.10. The molecule has 1 saturated heterocycles. The number of piperidine rings is 1. The van der Waals surface area contributed by atoms with Crippen molar-refractivity contribution < 1.29 is 14.4 Å². The van der Waals surface area contributed by atoms with Crippen LogP contribution in [0.5, 0.6) is 0 Å². The SMILES string of the molecule is CC(C)N1CCC(N)CC1.O=C(O)c1cc2ccccc2n1Cc1cc(-c2ccc(Cl)s2)on1. The lowest BCUT2D eigenvalue weighted by Crippen LogP contribution is -2.42. The van der Waals surface area contributed by atoms with Gasteiger partial charge in [0.25, 0.3) is 0 Å². The molecule has 3 N–H and O–H groups in total. The first-order valence-electron chi connectivity index (χ1n) is 11.3. The minimum Gasteiger partial charge on any atom is -0.477 e. The number of halogens is 1. The van der Waals surface area contributed by atoms with Crippen molar-refractivity contribution in [1.82, 2.24) is 14.6 Å². The lowest BCUT2D eigenvalue weighted by Gasteiger charge is -2.32. The Bertz CT molecular complexity index is 1250. The Balaban J connectivity index is 0.000000231. The number of fused-ring (bicyclic) bond motifs is 1. The van der Waals surface area contributed by atoms with Gasteiger partial charge in [-0.25, -0.2) is 4.79 Å². The van der Waals surface area contributed by atoms with Crippen LogP contribution < -0.4 is 5.73 Å². The van der Waals surface area contributed by atoms with Crippen LogP contribution in [0.2, 0.25) is 4.34 Å². The summed E-state index contributed by atoms with van der Waals surface area (Å²) < 4.78 is 7.76. The molecule has 0 spiro atoms. The number of aromatic nitrogens is 2. The van der Waals surface area contributed by atoms with Crippen LogP contribution in [0, 0.1) is 0 Å². The van der Waals surface area contributed by atoms with E-state index in [1.54, 1.807) is 16.7 Å². The van der Waals surface area contributed by atoms with E-state index in [4.69, 9.17) is 21.9 Å². The quantitative estimate of drug-likeness (QED) is 0.371. The van der Waals surface area contributed by atoms with Gasteiger partial charge in [-0.3, -0.25) is 0 Å². The van der Waals surface area contributed by atoms with E-state index in [-0.39, 0.29) is 5.69 Å². The largest absolute Gasteiger partial charge is 0.477 e. The Morgan fingerprint density at radius 1 is 1.24 bits per heavy atom. The Morgan fingerprint density at radius 2 is 1.97 bits per heavy atom. The number of carboxylic acids is 1. The molecule has 0 bridgehead atoms. The standard InChI is InChI=1S/C17H11ClN2O3S.C8H18N2/c18-16-6-5-15(24-16)14-8-11(19-23-14)9-20-12-4-2-1-3-10(12)7-13(20)17(21)22;1-7(2)10-5-3-8(9)4-6-10/h1-8H,9H2,(H,21,22);7-8H,3-6,9H2,1-2H3. The summed E-state index contributed by atoms with van der Waals surface area (Å²) >= 11 is 7.34. The van der Waals surface area contributed by atoms with Crippen molar-refractivity contribution in [3.05, 3.63) is 64.3 Å². The number of thiophene rings is 1. The third-order valence-corrected chi connectivity index (χ3v) is 7.28. The molecule has 1 fully saturated rings. The minimum absolute atomic E-state index is 0.222. The molecule has 1 aliphatic rings. The van der Waals surface area contributed by atoms with E-state index in [0.717, 1.165) is 15.8 Å². The molecular weight excluding hydrogens is 472 g/mol. The van der Waals surface area contributed by atoms with Crippen LogP contribution in [0.15, 0.2) is 53.1 Å². The van der Waals surface area contributed by atoms with Crippen LogP contribution in [0.25, 0.3) is 21.5 Å². The number of hydrogen-bond donors (Lipinski definition) is 2. The first-order chi connectivity index (χ1) is 16.3. The van der Waals surface area contributed by atoms with Gasteiger partial charge in [0.1, 0.15) is 11.4 Å². The maximum Gasteiger partial charge on any atom is 0.352 e. The zero-order chi connectivity index (χ0) is 24.2. The number of hydrogen-bond acceptors (Lipinski definition) is 6. The van der Waals surface area contributed by atoms with Gasteiger partial charge in [-0.1, -0.05) is 35.0 Å². The fourth-order valence-corrected chi connectivity index (χ4v) is 5.10. The fraction of sp³-hybridized carbons (Fsp3) is 0.360. The number of nitrogens with zero attached hydrogens (tertiary/aromatic N) is 3. The van der Waals surface area contributed by atoms with Crippen molar-refractivity contribution in [1.29, 1.82) is 0 Å². The monoisotopic (exact) mass is 500 g/mol. The molecule has 7 nitrogen and oxygen atoms in total. The number of likely N-dealkylation sites (tertiary alicyclic amines) is 1. The van der Waals surface area contributed by atoms with Crippen molar-refractivity contribution in [3.8, 4) is 10.6 Å². The van der Waals surface area contributed by atoms with Crippen LogP contribution in [0.3, 0.4) is 0 Å². The molecule has 34 heavy (non-hydrogen) atoms. The Morgan fingerprint density at radius 3 is 2.62 bits per heavy atom. The normalized spacial score (nSPS) is 15.0. The molecular formula is C25H29ClN4O3S. The highest BCUT2D eigenvalue weighted by Crippen LogP contribution is 2.31. The molecule has 1 aromatic carbocycles. The van der Waals surface area contributed by atoms with Gasteiger partial charge in [0.05, 0.1) is 15.8 Å². The molecule has 0 unspecified atom stereocenters. The Kier molecular flexibility index (Phi) is 7.73. The molecule has 3 aromatic heterocycles. The number of benzene rings is 1. The lowest BCUT2D eigenvalue weighted by atomic mass is 10.1. The van der Waals surface area contributed by atoms with E-state index in [2.05, 4.69) is 23.9 Å². The van der Waals surface area contributed by atoms with E-state index in [1.165, 1.54) is 37.3 Å². The second kappa shape index (κ2) is 10.7. The number of aromatic carboxylic acids is 1. The molecule has 4 heterocycles. The molecule has 0 amide bonds. The topological polar surface area (TPSA) is 97.5 Å². The molecule has 0 atom stereocenters. The number of para-hydroxylation sites is 1. The number of carbonyl (C=O) groups is 1. The summed E-state index contributed by atoms with van der Waals surface area (Å²) in [5, 5.41) is 14.4. The van der Waals surface area contributed by atoms with Gasteiger partial charge >= 0.3 is 5.97 Å². The summed E-state index contributed by atoms with van der Waals surface area (Å²) in [5.74, 6) is -0.352. The van der Waals surface area contributed by atoms with Crippen molar-refractivity contribution >= 4 is 39.8 Å². The maximum absolute atomic E-state index is 11.5. The van der Waals surface area contributed by atoms with Crippen LogP contribution in [0.1, 0.15) is 42.9 Å². The molecule has 0 radical (unpaired) electrons. The van der Waals surface area contributed by atoms with Crippen LogP contribution in [-0.2, 0) is 6.54 Å². The van der Waals surface area contributed by atoms with E-state index < -0.39 is 5.97 Å². The second-order valence-corrected chi connectivity index (χ2v) is 10.4. The highest BCUT2D eigenvalue weighted by molar-refractivity contribution is 7.19. The number of nitrogens with two attached hydrogens (primary N) is 1. The molecule has 1 aliphatic heterocycles. The summed E-state index contributed by atoms with van der Waals surface area (Å²) in [4.78, 5) is 14.9. The van der Waals surface area contributed by atoms with E-state index in [9.17, 15) is 9.90 Å². The highest BCUT2D eigenvalue weighted by Gasteiger charge is 2.18. The third kappa shape index (κ3) is 5.70. The summed E-state index contributed by atoms with van der Waals surface area (Å²) in [6, 6.07) is 15.8. The van der Waals surface area contributed by atoms with E-state index >= 15 is 0 Å². The summed E-state index contributed by atoms with van der Waals surface area (Å²) in [6.45, 7) is 7.20. The predicted molar refractivity (Wildman–Crippen MR) is 137 cm³/mol. The average Bonchev–Trinajstić information content (AvgIpc) is 3.54. The highest BCUT2D eigenvalue weighted by atomic mass is 35.5. The van der Waals surface area contributed by atoms with Crippen LogP contribution >= 0.6 is 22.9 Å². The second-order valence-electron chi connectivity index (χ2n) is 8.73.